The third kappa shape index (κ3) is 47.4. The molecule has 0 unspecified atom stereocenters. The van der Waals surface area contributed by atoms with Gasteiger partial charge < -0.3 is 97.8 Å². The summed E-state index contributed by atoms with van der Waals surface area (Å²) in [5.74, 6) is -7.53. The number of allylic oxidation sites excluding steroid dienone is 1. The predicted molar refractivity (Wildman–Crippen MR) is 508 cm³/mol. The highest BCUT2D eigenvalue weighted by Gasteiger charge is 2.40. The Kier molecular flexibility index (Phi) is 57.2. The van der Waals surface area contributed by atoms with E-state index in [0.717, 1.165) is 35.7 Å². The third-order valence-corrected chi connectivity index (χ3v) is 16.4. The number of esters is 6. The molecule has 0 saturated heterocycles. The van der Waals surface area contributed by atoms with Crippen LogP contribution in [0.1, 0.15) is 165 Å². The molecule has 734 valence electrons. The number of ether oxygens (including phenoxy) is 11. The van der Waals surface area contributed by atoms with E-state index in [9.17, 15) is 77.6 Å². The average molecular weight is 2060 g/mol. The number of cyclic esters (lactones) is 2. The lowest BCUT2D eigenvalue weighted by Gasteiger charge is -2.35. The third-order valence-electron chi connectivity index (χ3n) is 15.3. The topological polar surface area (TPSA) is 516 Å². The van der Waals surface area contributed by atoms with Gasteiger partial charge in [-0.2, -0.15) is 0 Å². The molecule has 2 aliphatic rings. The quantitative estimate of drug-likeness (QED) is 0.00201. The minimum Gasteiger partial charge on any atom is -0.508 e. The van der Waals surface area contributed by atoms with Crippen molar-refractivity contribution in [2.45, 2.75) is 114 Å². The van der Waals surface area contributed by atoms with Crippen LogP contribution in [0.5, 0.6) is 57.5 Å². The van der Waals surface area contributed by atoms with Crippen LogP contribution in [-0.4, -0.2) is 187 Å². The van der Waals surface area contributed by atoms with Crippen LogP contribution in [0.15, 0.2) is 243 Å². The zero-order valence-corrected chi connectivity index (χ0v) is 81.6. The maximum absolute atomic E-state index is 13.2. The van der Waals surface area contributed by atoms with Gasteiger partial charge in [-0.25, -0.2) is 43.8 Å². The number of fused-ring (bicyclic) bond motifs is 2. The Morgan fingerprint density at radius 1 is 0.412 bits per heavy atom. The summed E-state index contributed by atoms with van der Waals surface area (Å²) in [4.78, 5) is 146. The summed E-state index contributed by atoms with van der Waals surface area (Å²) in [6.07, 6.45) is 0. The smallest absolute Gasteiger partial charge is 0.345 e. The first kappa shape index (κ1) is 122. The molecule has 1 amide bonds. The number of alkyl halides is 1. The molecule has 10 rings (SSSR count). The summed E-state index contributed by atoms with van der Waals surface area (Å²) in [6.45, 7) is 40.4. The highest BCUT2D eigenvalue weighted by molar-refractivity contribution is 9.09. The number of carbonyl (C=O) groups is 13. The summed E-state index contributed by atoms with van der Waals surface area (Å²) in [6, 6.07) is 49.3. The number of carbonyl (C=O) groups excluding carboxylic acids is 11. The van der Waals surface area contributed by atoms with Crippen LogP contribution in [0.3, 0.4) is 0 Å². The van der Waals surface area contributed by atoms with E-state index in [0.29, 0.717) is 73.9 Å². The molecule has 39 heteroatoms. The second-order valence-electron chi connectivity index (χ2n) is 28.0. The number of ketones is 2. The number of phenolic OH excluding ortho intramolecular Hbond substituents is 3. The number of aliphatic hydroxyl groups is 1. The lowest BCUT2D eigenvalue weighted by molar-refractivity contribution is -0.140. The van der Waals surface area contributed by atoms with E-state index in [4.69, 9.17) is 89.3 Å². The van der Waals surface area contributed by atoms with Gasteiger partial charge in [-0.3, -0.25) is 27.8 Å². The van der Waals surface area contributed by atoms with Crippen molar-refractivity contribution in [3.63, 3.8) is 0 Å². The number of aliphatic hydroxyl groups excluding tert-OH is 1. The van der Waals surface area contributed by atoms with E-state index < -0.39 is 86.9 Å². The van der Waals surface area contributed by atoms with Gasteiger partial charge in [0.1, 0.15) is 148 Å². The van der Waals surface area contributed by atoms with Gasteiger partial charge in [0.2, 0.25) is 22.6 Å². The second kappa shape index (κ2) is 63.8. The Hall–Kier alpha value is -14.2. The Bertz CT molecular complexity index is 5240. The summed E-state index contributed by atoms with van der Waals surface area (Å²) in [5.41, 5.74) is 5.83. The number of Topliss-reactive ketones (excluding diaryl/α,β-unsaturated/α-hetero) is 2. The van der Waals surface area contributed by atoms with Crippen LogP contribution in [0.25, 0.3) is 0 Å². The molecule has 8 aromatic carbocycles. The number of rotatable bonds is 29. The summed E-state index contributed by atoms with van der Waals surface area (Å²) in [7, 11) is 0. The molecule has 136 heavy (non-hydrogen) atoms. The molecule has 2 aliphatic heterocycles. The number of nitrogens with one attached hydrogen (secondary N) is 1. The Balaban J connectivity index is 0.00000162. The van der Waals surface area contributed by atoms with Crippen molar-refractivity contribution in [1.82, 2.24) is 5.48 Å². The monoisotopic (exact) mass is 2060 g/mol. The van der Waals surface area contributed by atoms with E-state index in [-0.39, 0.29) is 104 Å². The lowest BCUT2D eigenvalue weighted by atomic mass is 9.80. The molecule has 8 aromatic rings. The molecular weight excluding hydrogens is 1950 g/mol. The van der Waals surface area contributed by atoms with Crippen LogP contribution in [-0.2, 0) is 81.0 Å². The van der Waals surface area contributed by atoms with Crippen molar-refractivity contribution in [1.29, 1.82) is 0 Å². The number of halogens is 4. The van der Waals surface area contributed by atoms with Gasteiger partial charge in [-0.05, 0) is 149 Å². The molecule has 0 aromatic heterocycles. The average Bonchev–Trinajstić information content (AvgIpc) is 0.750. The van der Waals surface area contributed by atoms with Gasteiger partial charge in [0.15, 0.2) is 12.4 Å². The first-order valence-corrected chi connectivity index (χ1v) is 42.6. The lowest BCUT2D eigenvalue weighted by Crippen LogP contribution is -2.40. The fourth-order valence-electron chi connectivity index (χ4n) is 9.39. The fourth-order valence-corrected chi connectivity index (χ4v) is 9.55. The number of carboxylic acid groups (broad SMARTS) is 2. The zero-order valence-electron chi connectivity index (χ0n) is 76.9. The van der Waals surface area contributed by atoms with Crippen molar-refractivity contribution in [3.8, 4) is 57.5 Å². The van der Waals surface area contributed by atoms with Crippen molar-refractivity contribution >= 4 is 131 Å². The number of carboxylic acids is 2. The molecule has 0 saturated carbocycles. The minimum absolute atomic E-state index is 0.000792. The number of phenols is 5. The van der Waals surface area contributed by atoms with Gasteiger partial charge in [0, 0.05) is 98.1 Å². The molecule has 2 heterocycles. The van der Waals surface area contributed by atoms with E-state index >= 15 is 0 Å². The predicted octanol–water partition coefficient (Wildman–Crippen LogP) is 17.1. The van der Waals surface area contributed by atoms with E-state index in [1.807, 2.05) is 105 Å². The highest BCUT2D eigenvalue weighted by atomic mass is 79.9. The molecule has 9 N–H and O–H groups in total. The Labute approximate surface area is 812 Å². The molecule has 35 nitrogen and oxygen atoms in total. The van der Waals surface area contributed by atoms with Crippen LogP contribution in [0.2, 0.25) is 0 Å². The zero-order chi connectivity index (χ0) is 104. The molecule has 0 fully saturated rings. The number of amides is 1. The van der Waals surface area contributed by atoms with Crippen LogP contribution >= 0.6 is 55.4 Å². The maximum atomic E-state index is 13.2. The van der Waals surface area contributed by atoms with Crippen molar-refractivity contribution in [2.24, 2.45) is 0 Å². The van der Waals surface area contributed by atoms with Gasteiger partial charge >= 0.3 is 47.8 Å². The van der Waals surface area contributed by atoms with Crippen LogP contribution < -0.4 is 29.2 Å². The second-order valence-corrected chi connectivity index (χ2v) is 30.0. The standard InChI is InChI=1S/C32H29NO6.C16H18O6.C13H14O6.C10H10O4.C7H6O4.C6H9BrO2.C4H5ClO.C3H3ClO2.C3H6O.C2H6.CH3BrO2/c1-23(2)31(36)38-21-20-37-27-18-19-28(29(34)22-27)30(35)33-39-32(24-12-6-3-7-13-24,25-14-8-4-9-15-25)26-16-10-5-11-17-26;1-10(2)14(17)20-8-7-19-11-5-6-12-13(9-11)21-16(3,4)22-15(12)18;1-8(2)13(17)19-6-5-18-9-3-4-10(12(15)16)11(14)7-9;1-10(2)13-8-5-6(11)3-4-7(8)9(12)14-10;8-4-1-2-5(7(10)11)6(9)3-4;1-5(2)6(8)9-4-3-7;1-3(2)4(5)6;1-2(5)3(4)6;1-3(2)4;1-2;2-4-1-3/h3-19,22,34H,1,20-21H2,2H3,(H,33,35);5-6,9H,1,7-8H2,2-4H3;3-4,7,14H,1,5-6H2,2H3,(H,15,16);3-5,11H,1-2H3;1-3,8-9H,(H,10,11);1,3-4H2,2H3;1H2,2H3;1H3;1-2H3;1-2H3;3H,1H2. The number of hydroxylamine groups is 1. The van der Waals surface area contributed by atoms with Gasteiger partial charge in [0.25, 0.3) is 11.1 Å². The number of benzene rings is 8. The molecule has 0 spiro atoms. The van der Waals surface area contributed by atoms with Gasteiger partial charge in [-0.15, -0.1) is 0 Å². The number of hydrogen-bond acceptors (Lipinski definition) is 32. The Morgan fingerprint density at radius 2 is 0.699 bits per heavy atom. The summed E-state index contributed by atoms with van der Waals surface area (Å²) in [5, 5.41) is 70.9. The minimum atomic E-state index is -1.22. The first-order chi connectivity index (χ1) is 63.8. The number of aromatic carboxylic acids is 2. The van der Waals surface area contributed by atoms with Crippen LogP contribution in [0.4, 0.5) is 0 Å². The van der Waals surface area contributed by atoms with E-state index in [1.165, 1.54) is 81.4 Å². The van der Waals surface area contributed by atoms with E-state index in [2.05, 4.69) is 90.7 Å². The molecule has 0 aliphatic carbocycles. The number of hydrogen-bond donors (Lipinski definition) is 9. The fraction of sp³-hybridized carbons (Fsp3) is 0.268. The van der Waals surface area contributed by atoms with Crippen LogP contribution in [0, 0.1) is 0 Å². The summed E-state index contributed by atoms with van der Waals surface area (Å²) >= 11 is 15.1. The van der Waals surface area contributed by atoms with Gasteiger partial charge in [-0.1, -0.05) is 154 Å². The van der Waals surface area contributed by atoms with Gasteiger partial charge in [0.05, 0.1) is 5.56 Å². The van der Waals surface area contributed by atoms with Crippen molar-refractivity contribution in [3.05, 3.63) is 287 Å². The molecule has 0 bridgehead atoms. The molecular formula is C97H109Br2Cl2NO34. The Morgan fingerprint density at radius 3 is 1.00 bits per heavy atom. The number of aromatic hydroxyl groups is 5. The largest absolute Gasteiger partial charge is 0.508 e. The van der Waals surface area contributed by atoms with E-state index in [1.54, 1.807) is 73.6 Å². The SMILES string of the molecule is C=C(C)C(=O)Cl.C=C(C)C(=O)OCCBr.C=C(C)C(=O)OCCOc1ccc(C(=O)NOC(c2ccccc2)(c2ccccc2)c2ccccc2)c(O)c1.C=C(C)C(=O)OCCOc1ccc(C(=O)O)c(O)c1.C=C(C)C(=O)OCCOc1ccc2c(c1)OC(C)(C)OC2=O.CC.CC(=O)C(=O)Cl.CC(C)=O.CC1(C)OC(=O)c2ccc(O)cc2O1.O=C(O)c1ccc(O)cc1O.OCOBr. The van der Waals surface area contributed by atoms with Crippen molar-refractivity contribution in [2.75, 3.05) is 58.4 Å². The molecule has 0 atom stereocenters. The van der Waals surface area contributed by atoms with Crippen molar-refractivity contribution < 1.29 is 164 Å². The molecule has 0 radical (unpaired) electrons. The summed E-state index contributed by atoms with van der Waals surface area (Å²) < 4.78 is 60.5. The normalized spacial score (nSPS) is 11.3. The first-order valence-electron chi connectivity index (χ1n) is 40.1. The highest BCUT2D eigenvalue weighted by Crippen LogP contribution is 2.41. The maximum Gasteiger partial charge on any atom is 0.345 e.